The van der Waals surface area contributed by atoms with Gasteiger partial charge in [0.25, 0.3) is 0 Å². The van der Waals surface area contributed by atoms with Gasteiger partial charge in [-0.25, -0.2) is 4.57 Å². The monoisotopic (exact) mass is 227 g/mol. The van der Waals surface area contributed by atoms with Gasteiger partial charge >= 0.3 is 90.1 Å². The smallest absolute Gasteiger partial charge is 0.310 e. The third-order valence-corrected chi connectivity index (χ3v) is 2.45. The van der Waals surface area contributed by atoms with Gasteiger partial charge in [0, 0.05) is 0 Å². The zero-order valence-corrected chi connectivity index (χ0v) is 10.8. The Kier molecular flexibility index (Phi) is 8.85. The Balaban J connectivity index is 0.000000424. The van der Waals surface area contributed by atoms with E-state index in [1.165, 1.54) is 11.3 Å². The molecule has 0 aliphatic heterocycles. The summed E-state index contributed by atoms with van der Waals surface area (Å²) in [5.74, 6) is 0. The van der Waals surface area contributed by atoms with Gasteiger partial charge in [0.2, 0.25) is 0 Å². The van der Waals surface area contributed by atoms with Crippen LogP contribution in [0.4, 0.5) is 5.13 Å². The zero-order chi connectivity index (χ0) is 10.1. The van der Waals surface area contributed by atoms with Crippen LogP contribution in [-0.2, 0) is 4.57 Å². The molecule has 0 aliphatic rings. The van der Waals surface area contributed by atoms with Crippen LogP contribution in [0.15, 0.2) is 18.2 Å². The van der Waals surface area contributed by atoms with E-state index in [0.29, 0.717) is 3.29 Å². The van der Waals surface area contributed by atoms with Crippen molar-refractivity contribution in [3.63, 3.8) is 0 Å². The van der Waals surface area contributed by atoms with Crippen LogP contribution in [0.25, 0.3) is 0 Å². The molecule has 1 rings (SSSR count). The summed E-state index contributed by atoms with van der Waals surface area (Å²) < 4.78 is 8.85. The molecule has 0 spiro atoms. The van der Waals surface area contributed by atoms with E-state index in [9.17, 15) is 0 Å². The van der Waals surface area contributed by atoms with Gasteiger partial charge in [-0.2, -0.15) is 0 Å². The van der Waals surface area contributed by atoms with Crippen LogP contribution in [0.5, 0.6) is 0 Å². The third-order valence-electron chi connectivity index (χ3n) is 1.06. The number of nitrogens with zero attached hydrogens (tertiary/aromatic N) is 2. The summed E-state index contributed by atoms with van der Waals surface area (Å²) in [6, 6.07) is 0. The molecule has 66 valence electrons. The van der Waals surface area contributed by atoms with E-state index in [1.807, 2.05) is 6.08 Å². The van der Waals surface area contributed by atoms with Gasteiger partial charge in [-0.3, -0.25) is 0 Å². The largest absolute Gasteiger partial charge is 0.324 e. The van der Waals surface area contributed by atoms with Gasteiger partial charge in [0.05, 0.1) is 0 Å². The normalized spacial score (nSPS) is 11.3. The number of hydrogen-bond donors (Lipinski definition) is 2. The minimum absolute atomic E-state index is 0.396. The van der Waals surface area contributed by atoms with Crippen LogP contribution < -0.4 is 5.32 Å². The minimum atomic E-state index is -0.833. The Morgan fingerprint density at radius 2 is 2.54 bits per heavy atom. The molecule has 1 aromatic rings. The molecule has 1 aromatic heterocycles. The molecule has 2 N–H and O–H groups in total. The van der Waals surface area contributed by atoms with E-state index in [4.69, 9.17) is 9.46 Å². The molecule has 1 heterocycles. The number of aromatic nitrogens is 2. The standard InChI is InChI=1S/C5H6N3S.Na.HO2P/c1-2-3-6-5-8-7-4-9-5;;1-3-2/h2-4H,1H2,(H,6,8);;(H,1,2). The van der Waals surface area contributed by atoms with Gasteiger partial charge in [0.15, 0.2) is 0 Å². The molecule has 8 heteroatoms. The number of rotatable bonds is 3. The van der Waals surface area contributed by atoms with E-state index in [0.717, 1.165) is 33.1 Å². The molecule has 0 amide bonds. The van der Waals surface area contributed by atoms with Gasteiger partial charge in [-0.05, 0) is 0 Å². The maximum absolute atomic E-state index is 8.46. The molecule has 0 bridgehead atoms. The fraction of sp³-hybridized carbons (Fsp3) is 0.200. The van der Waals surface area contributed by atoms with Crippen molar-refractivity contribution in [2.24, 2.45) is 0 Å². The molecule has 0 aliphatic carbocycles. The molecule has 13 heavy (non-hydrogen) atoms. The molecule has 5 nitrogen and oxygen atoms in total. The summed E-state index contributed by atoms with van der Waals surface area (Å²) in [4.78, 5) is 6.99. The molecule has 0 saturated carbocycles. The summed E-state index contributed by atoms with van der Waals surface area (Å²) in [5, 5.41) is 11.6. The van der Waals surface area contributed by atoms with E-state index in [1.54, 1.807) is 5.51 Å². The van der Waals surface area contributed by atoms with Gasteiger partial charge in [-0.1, -0.05) is 0 Å². The molecule has 1 atom stereocenters. The summed E-state index contributed by atoms with van der Waals surface area (Å²) in [7, 11) is -0.833. The second-order valence-electron chi connectivity index (χ2n) is 1.99. The van der Waals surface area contributed by atoms with Crippen molar-refractivity contribution in [1.82, 2.24) is 10.2 Å². The summed E-state index contributed by atoms with van der Waals surface area (Å²) in [5.41, 5.74) is 1.71. The minimum Gasteiger partial charge on any atom is -0.310 e. The molecular weight excluding hydrogens is 220 g/mol. The molecule has 0 aromatic carbocycles. The molecule has 0 radical (unpaired) electrons. The van der Waals surface area contributed by atoms with Crippen LogP contribution in [0.2, 0.25) is 0 Å². The molecule has 0 fully saturated rings. The Labute approximate surface area is 99.0 Å². The number of hydrogen-bond acceptors (Lipinski definition) is 5. The van der Waals surface area contributed by atoms with Gasteiger partial charge in [-0.15, -0.1) is 0 Å². The first kappa shape index (κ1) is 13.2. The topological polar surface area (TPSA) is 75.1 Å². The average molecular weight is 227 g/mol. The quantitative estimate of drug-likeness (QED) is 0.454. The average Bonchev–Trinajstić information content (AvgIpc) is 2.58. The third kappa shape index (κ3) is 7.25. The fourth-order valence-electron chi connectivity index (χ4n) is 0.490. The van der Waals surface area contributed by atoms with E-state index < -0.39 is 8.69 Å². The summed E-state index contributed by atoms with van der Waals surface area (Å²) in [6.07, 6.45) is 1.88. The Hall–Kier alpha value is 0.160. The first-order valence-corrected chi connectivity index (χ1v) is 6.16. The van der Waals surface area contributed by atoms with Crippen molar-refractivity contribution in [2.75, 3.05) is 5.32 Å². The maximum Gasteiger partial charge on any atom is 0.324 e. The predicted molar refractivity (Wildman–Crippen MR) is 53.1 cm³/mol. The Morgan fingerprint density at radius 3 is 2.92 bits per heavy atom. The first-order chi connectivity index (χ1) is 6.24. The van der Waals surface area contributed by atoms with Crippen molar-refractivity contribution >= 4 is 53.1 Å². The van der Waals surface area contributed by atoms with Crippen LogP contribution in [0.3, 0.4) is 0 Å². The molecule has 1 unspecified atom stereocenters. The Morgan fingerprint density at radius 1 is 1.92 bits per heavy atom. The van der Waals surface area contributed by atoms with Crippen LogP contribution in [0, 0.1) is 0 Å². The second-order valence-corrected chi connectivity index (χ2v) is 4.23. The molecule has 0 saturated heterocycles. The summed E-state index contributed by atoms with van der Waals surface area (Å²) in [6.45, 7) is 3.67. The van der Waals surface area contributed by atoms with Crippen LogP contribution >= 0.6 is 20.0 Å². The van der Waals surface area contributed by atoms with E-state index in [-0.39, 0.29) is 0 Å². The number of nitrogens with one attached hydrogen (secondary N) is 1. The van der Waals surface area contributed by atoms with Crippen molar-refractivity contribution in [2.45, 2.75) is 3.29 Å². The van der Waals surface area contributed by atoms with Crippen molar-refractivity contribution in [1.29, 1.82) is 0 Å². The van der Waals surface area contributed by atoms with Crippen LogP contribution in [-0.4, -0.2) is 46.3 Å². The van der Waals surface area contributed by atoms with Gasteiger partial charge < -0.3 is 4.89 Å². The van der Waals surface area contributed by atoms with Crippen molar-refractivity contribution in [3.8, 4) is 0 Å². The maximum atomic E-state index is 8.46. The zero-order valence-electron chi connectivity index (χ0n) is 7.04. The summed E-state index contributed by atoms with van der Waals surface area (Å²) >= 11 is 2.55. The SMILES string of the molecule is C=C[CH]([Na])Nc1nncs1.O=PO. The van der Waals surface area contributed by atoms with Gasteiger partial charge in [0.1, 0.15) is 0 Å². The van der Waals surface area contributed by atoms with E-state index >= 15 is 0 Å². The second kappa shape index (κ2) is 8.74. The number of anilines is 1. The van der Waals surface area contributed by atoms with Crippen molar-refractivity contribution in [3.05, 3.63) is 18.2 Å². The van der Waals surface area contributed by atoms with Crippen LogP contribution in [0.1, 0.15) is 0 Å². The van der Waals surface area contributed by atoms with Crippen molar-refractivity contribution < 1.29 is 9.46 Å². The molecular formula is C5H7N3NaO2PS. The first-order valence-electron chi connectivity index (χ1n) is 3.36. The fourth-order valence-corrected chi connectivity index (χ4v) is 1.51. The Bertz CT molecular complexity index is 246. The van der Waals surface area contributed by atoms with E-state index in [2.05, 4.69) is 22.1 Å². The predicted octanol–water partition coefficient (Wildman–Crippen LogP) is 0.816.